The van der Waals surface area contributed by atoms with Crippen LogP contribution in [0, 0.1) is 17.8 Å². The zero-order chi connectivity index (χ0) is 14.7. The van der Waals surface area contributed by atoms with Gasteiger partial charge in [-0.2, -0.15) is 0 Å². The van der Waals surface area contributed by atoms with Crippen molar-refractivity contribution >= 4 is 5.91 Å². The van der Waals surface area contributed by atoms with Crippen LogP contribution in [0.2, 0.25) is 0 Å². The Morgan fingerprint density at radius 3 is 2.70 bits per heavy atom. The molecular formula is C16H31N3O. The van der Waals surface area contributed by atoms with Crippen LogP contribution in [-0.4, -0.2) is 42.5 Å². The number of rotatable bonds is 4. The van der Waals surface area contributed by atoms with Crippen LogP contribution in [0.25, 0.3) is 0 Å². The van der Waals surface area contributed by atoms with E-state index in [0.29, 0.717) is 17.9 Å². The maximum Gasteiger partial charge on any atom is 0.223 e. The van der Waals surface area contributed by atoms with Crippen molar-refractivity contribution in [1.29, 1.82) is 0 Å². The highest BCUT2D eigenvalue weighted by Gasteiger charge is 2.30. The molecule has 2 fully saturated rings. The van der Waals surface area contributed by atoms with E-state index in [9.17, 15) is 4.79 Å². The van der Waals surface area contributed by atoms with Crippen molar-refractivity contribution in [3.8, 4) is 0 Å². The molecule has 0 spiro atoms. The first kappa shape index (κ1) is 15.8. The van der Waals surface area contributed by atoms with Crippen molar-refractivity contribution in [2.45, 2.75) is 58.5 Å². The van der Waals surface area contributed by atoms with Gasteiger partial charge in [0.15, 0.2) is 0 Å². The Hall–Kier alpha value is -0.610. The van der Waals surface area contributed by atoms with Crippen LogP contribution in [0.5, 0.6) is 0 Å². The molecule has 4 atom stereocenters. The summed E-state index contributed by atoms with van der Waals surface area (Å²) in [5, 5.41) is 3.18. The molecule has 1 saturated heterocycles. The van der Waals surface area contributed by atoms with E-state index < -0.39 is 0 Å². The van der Waals surface area contributed by atoms with Crippen LogP contribution >= 0.6 is 0 Å². The molecule has 0 aromatic heterocycles. The Labute approximate surface area is 123 Å². The lowest BCUT2D eigenvalue weighted by Gasteiger charge is -2.31. The van der Waals surface area contributed by atoms with Gasteiger partial charge in [-0.3, -0.25) is 4.79 Å². The molecule has 1 aliphatic heterocycles. The number of likely N-dealkylation sites (tertiary alicyclic amines) is 1. The van der Waals surface area contributed by atoms with Gasteiger partial charge < -0.3 is 16.0 Å². The van der Waals surface area contributed by atoms with Gasteiger partial charge in [0.25, 0.3) is 0 Å². The van der Waals surface area contributed by atoms with Gasteiger partial charge >= 0.3 is 0 Å². The fourth-order valence-electron chi connectivity index (χ4n) is 3.55. The van der Waals surface area contributed by atoms with E-state index in [-0.39, 0.29) is 17.9 Å². The van der Waals surface area contributed by atoms with Gasteiger partial charge in [0.2, 0.25) is 5.91 Å². The quantitative estimate of drug-likeness (QED) is 0.823. The first-order valence-electron chi connectivity index (χ1n) is 8.24. The van der Waals surface area contributed by atoms with Crippen LogP contribution < -0.4 is 11.1 Å². The van der Waals surface area contributed by atoms with Gasteiger partial charge in [0.05, 0.1) is 0 Å². The fraction of sp³-hybridized carbons (Fsp3) is 0.938. The summed E-state index contributed by atoms with van der Waals surface area (Å²) in [6.45, 7) is 9.80. The second kappa shape index (κ2) is 6.90. The number of nitrogens with one attached hydrogen (secondary N) is 1. The minimum atomic E-state index is 0.187. The molecule has 4 nitrogen and oxygen atoms in total. The summed E-state index contributed by atoms with van der Waals surface area (Å²) in [6, 6.07) is 0.907. The third kappa shape index (κ3) is 3.95. The molecule has 4 unspecified atom stereocenters. The van der Waals surface area contributed by atoms with Crippen LogP contribution in [0.1, 0.15) is 46.5 Å². The molecule has 1 saturated carbocycles. The van der Waals surface area contributed by atoms with Crippen molar-refractivity contribution in [2.24, 2.45) is 23.5 Å². The Bertz CT molecular complexity index is 332. The monoisotopic (exact) mass is 281 g/mol. The molecule has 0 aromatic carbocycles. The zero-order valence-corrected chi connectivity index (χ0v) is 13.3. The minimum Gasteiger partial charge on any atom is -0.356 e. The Kier molecular flexibility index (Phi) is 5.44. The van der Waals surface area contributed by atoms with Crippen LogP contribution in [0.15, 0.2) is 0 Å². The summed E-state index contributed by atoms with van der Waals surface area (Å²) in [6.07, 6.45) is 4.12. The van der Waals surface area contributed by atoms with Gasteiger partial charge in [-0.05, 0) is 57.9 Å². The summed E-state index contributed by atoms with van der Waals surface area (Å²) < 4.78 is 0. The predicted octanol–water partition coefficient (Wildman–Crippen LogP) is 1.60. The second-order valence-electron chi connectivity index (χ2n) is 7.14. The topological polar surface area (TPSA) is 58.4 Å². The normalized spacial score (nSPS) is 35.5. The minimum absolute atomic E-state index is 0.187. The third-order valence-corrected chi connectivity index (χ3v) is 5.22. The van der Waals surface area contributed by atoms with Crippen molar-refractivity contribution in [3.05, 3.63) is 0 Å². The van der Waals surface area contributed by atoms with E-state index in [1.807, 2.05) is 0 Å². The van der Waals surface area contributed by atoms with E-state index in [1.54, 1.807) is 0 Å². The highest BCUT2D eigenvalue weighted by atomic mass is 16.1. The number of hydrogen-bond donors (Lipinski definition) is 2. The first-order valence-corrected chi connectivity index (χ1v) is 8.24. The maximum atomic E-state index is 12.3. The summed E-state index contributed by atoms with van der Waals surface area (Å²) >= 11 is 0. The Balaban J connectivity index is 1.71. The average molecular weight is 281 g/mol. The predicted molar refractivity (Wildman–Crippen MR) is 82.3 cm³/mol. The molecule has 2 rings (SSSR count). The Morgan fingerprint density at radius 2 is 2.10 bits per heavy atom. The van der Waals surface area contributed by atoms with Gasteiger partial charge in [-0.15, -0.1) is 0 Å². The Morgan fingerprint density at radius 1 is 1.35 bits per heavy atom. The first-order chi connectivity index (χ1) is 9.47. The lowest BCUT2D eigenvalue weighted by Crippen LogP contribution is -2.42. The number of nitrogens with zero attached hydrogens (tertiary/aromatic N) is 1. The van der Waals surface area contributed by atoms with E-state index in [2.05, 4.69) is 31.0 Å². The summed E-state index contributed by atoms with van der Waals surface area (Å²) in [5.74, 6) is 1.55. The summed E-state index contributed by atoms with van der Waals surface area (Å²) in [7, 11) is 0. The smallest absolute Gasteiger partial charge is 0.223 e. The zero-order valence-electron chi connectivity index (χ0n) is 13.3. The van der Waals surface area contributed by atoms with Crippen LogP contribution in [-0.2, 0) is 4.79 Å². The van der Waals surface area contributed by atoms with Crippen molar-refractivity contribution in [3.63, 3.8) is 0 Å². The molecule has 116 valence electrons. The number of nitrogens with two attached hydrogens (primary N) is 1. The fourth-order valence-corrected chi connectivity index (χ4v) is 3.55. The molecule has 2 aliphatic rings. The molecule has 3 N–H and O–H groups in total. The largest absolute Gasteiger partial charge is 0.356 e. The van der Waals surface area contributed by atoms with Gasteiger partial charge in [-0.1, -0.05) is 6.92 Å². The molecular weight excluding hydrogens is 250 g/mol. The van der Waals surface area contributed by atoms with Crippen molar-refractivity contribution in [1.82, 2.24) is 10.2 Å². The van der Waals surface area contributed by atoms with E-state index in [1.165, 1.54) is 13.0 Å². The third-order valence-electron chi connectivity index (χ3n) is 5.22. The lowest BCUT2D eigenvalue weighted by atomic mass is 9.79. The standard InChI is InChI=1S/C16H31N3O/c1-11(2)19-7-6-13(10-19)9-18-16(20)14-4-5-15(17)12(3)8-14/h11-15H,4-10,17H2,1-3H3,(H,18,20). The van der Waals surface area contributed by atoms with E-state index in [0.717, 1.165) is 32.4 Å². The molecule has 0 bridgehead atoms. The number of carbonyl (C=O) groups is 1. The second-order valence-corrected chi connectivity index (χ2v) is 7.14. The van der Waals surface area contributed by atoms with Gasteiger partial charge in [0, 0.05) is 31.1 Å². The van der Waals surface area contributed by atoms with Gasteiger partial charge in [0.1, 0.15) is 0 Å². The highest BCUT2D eigenvalue weighted by Crippen LogP contribution is 2.28. The SMILES string of the molecule is CC1CC(C(=O)NCC2CCN(C(C)C)C2)CCC1N. The van der Waals surface area contributed by atoms with Crippen molar-refractivity contribution in [2.75, 3.05) is 19.6 Å². The number of carbonyl (C=O) groups excluding carboxylic acids is 1. The highest BCUT2D eigenvalue weighted by molar-refractivity contribution is 5.78. The van der Waals surface area contributed by atoms with Crippen LogP contribution in [0.4, 0.5) is 0 Å². The molecule has 1 heterocycles. The van der Waals surface area contributed by atoms with Gasteiger partial charge in [-0.25, -0.2) is 0 Å². The molecule has 0 aromatic rings. The van der Waals surface area contributed by atoms with E-state index >= 15 is 0 Å². The number of hydrogen-bond acceptors (Lipinski definition) is 3. The molecule has 1 amide bonds. The average Bonchev–Trinajstić information content (AvgIpc) is 2.88. The van der Waals surface area contributed by atoms with Crippen LogP contribution in [0.3, 0.4) is 0 Å². The lowest BCUT2D eigenvalue weighted by molar-refractivity contribution is -0.126. The summed E-state index contributed by atoms with van der Waals surface area (Å²) in [5.41, 5.74) is 6.02. The molecule has 1 aliphatic carbocycles. The maximum absolute atomic E-state index is 12.3. The number of amides is 1. The molecule has 4 heteroatoms. The van der Waals surface area contributed by atoms with E-state index in [4.69, 9.17) is 5.73 Å². The van der Waals surface area contributed by atoms with Crippen molar-refractivity contribution < 1.29 is 4.79 Å². The molecule has 0 radical (unpaired) electrons. The summed E-state index contributed by atoms with van der Waals surface area (Å²) in [4.78, 5) is 14.8. The molecule has 20 heavy (non-hydrogen) atoms.